The summed E-state index contributed by atoms with van der Waals surface area (Å²) in [4.78, 5) is 11.5. The van der Waals surface area contributed by atoms with E-state index in [9.17, 15) is 0 Å². The van der Waals surface area contributed by atoms with Gasteiger partial charge < -0.3 is 10.6 Å². The normalized spacial score (nSPS) is 27.4. The number of fused-ring (bicyclic) bond motifs is 2. The lowest BCUT2D eigenvalue weighted by Gasteiger charge is -2.37. The summed E-state index contributed by atoms with van der Waals surface area (Å²) in [7, 11) is 0. The summed E-state index contributed by atoms with van der Waals surface area (Å²) in [6, 6.07) is 0. The minimum Gasteiger partial charge on any atom is -0.390 e. The zero-order chi connectivity index (χ0) is 24.2. The summed E-state index contributed by atoms with van der Waals surface area (Å²) in [5, 5.41) is 4.66. The van der Waals surface area contributed by atoms with E-state index in [0.717, 1.165) is 23.4 Å². The molecule has 2 saturated carbocycles. The van der Waals surface area contributed by atoms with E-state index in [1.165, 1.54) is 24.0 Å². The van der Waals surface area contributed by atoms with Gasteiger partial charge in [-0.1, -0.05) is 81.3 Å². The quantitative estimate of drug-likeness (QED) is 0.272. The molecule has 0 saturated heterocycles. The molecule has 3 rings (SSSR count). The molecule has 2 fully saturated rings. The largest absolute Gasteiger partial charge is 0.390 e. The Morgan fingerprint density at radius 2 is 1.41 bits per heavy atom. The van der Waals surface area contributed by atoms with Gasteiger partial charge in [-0.05, 0) is 65.4 Å². The maximum Gasteiger partial charge on any atom is 0.171 e. The number of amidine groups is 1. The second-order valence-electron chi connectivity index (χ2n) is 12.4. The Bertz CT molecular complexity index is 843. The van der Waals surface area contributed by atoms with E-state index in [2.05, 4.69) is 81.3 Å². The molecule has 0 aliphatic heterocycles. The molecule has 2 N–H and O–H groups in total. The highest BCUT2D eigenvalue weighted by molar-refractivity contribution is 6.00. The second-order valence-corrected chi connectivity index (χ2v) is 12.4. The van der Waals surface area contributed by atoms with Gasteiger partial charge in [-0.3, -0.25) is 4.98 Å². The van der Waals surface area contributed by atoms with E-state index in [-0.39, 0.29) is 11.5 Å². The molecule has 2 bridgehead atoms. The van der Waals surface area contributed by atoms with Gasteiger partial charge in [0.05, 0.1) is 0 Å². The van der Waals surface area contributed by atoms with Crippen LogP contribution in [-0.2, 0) is 4.84 Å². The van der Waals surface area contributed by atoms with Crippen molar-refractivity contribution in [1.29, 1.82) is 0 Å². The highest BCUT2D eigenvalue weighted by atomic mass is 16.6. The number of aromatic nitrogens is 1. The van der Waals surface area contributed by atoms with Crippen LogP contribution in [0.2, 0.25) is 0 Å². The number of rotatable bonds is 7. The Morgan fingerprint density at radius 3 is 1.75 bits per heavy atom. The summed E-state index contributed by atoms with van der Waals surface area (Å²) >= 11 is 0. The molecular formula is C28H47N3O. The fraction of sp³-hybridized carbons (Fsp3) is 0.786. The standard InChI is InChI=1S/C28H47N3O/c1-15(2)21-23(22(16(3)4)25(18(7)8)30-24(21)17(5)6)26(29)31-32-20-14-19-12-13-28(20,11)27(19,9)10/h15-20H,12-14H2,1-11H3,(H2,29,31). The molecule has 4 heteroatoms. The topological polar surface area (TPSA) is 60.5 Å². The summed E-state index contributed by atoms with van der Waals surface area (Å²) in [5.74, 6) is 2.50. The number of nitrogens with two attached hydrogens (primary N) is 1. The highest BCUT2D eigenvalue weighted by Gasteiger charge is 2.63. The van der Waals surface area contributed by atoms with Crippen LogP contribution in [0, 0.1) is 16.7 Å². The van der Waals surface area contributed by atoms with Crippen LogP contribution in [-0.4, -0.2) is 16.9 Å². The van der Waals surface area contributed by atoms with Crippen molar-refractivity contribution in [3.63, 3.8) is 0 Å². The fourth-order valence-electron chi connectivity index (χ4n) is 6.43. The van der Waals surface area contributed by atoms with Crippen LogP contribution < -0.4 is 5.73 Å². The molecule has 0 spiro atoms. The molecule has 0 aromatic carbocycles. The van der Waals surface area contributed by atoms with Gasteiger partial charge >= 0.3 is 0 Å². The van der Waals surface area contributed by atoms with Crippen molar-refractivity contribution in [2.45, 2.75) is 125 Å². The first-order valence-electron chi connectivity index (χ1n) is 12.8. The number of nitrogens with zero attached hydrogens (tertiary/aromatic N) is 2. The molecule has 32 heavy (non-hydrogen) atoms. The van der Waals surface area contributed by atoms with E-state index in [4.69, 9.17) is 15.6 Å². The average Bonchev–Trinajstić information content (AvgIpc) is 3.03. The predicted octanol–water partition coefficient (Wildman–Crippen LogP) is 7.43. The maximum atomic E-state index is 6.79. The Labute approximate surface area is 196 Å². The smallest absolute Gasteiger partial charge is 0.171 e. The molecule has 2 aliphatic carbocycles. The highest BCUT2D eigenvalue weighted by Crippen LogP contribution is 2.66. The molecule has 1 aromatic heterocycles. The predicted molar refractivity (Wildman–Crippen MR) is 135 cm³/mol. The summed E-state index contributed by atoms with van der Waals surface area (Å²) in [6.45, 7) is 25.0. The van der Waals surface area contributed by atoms with E-state index in [1.807, 2.05) is 0 Å². The first-order chi connectivity index (χ1) is 14.7. The van der Waals surface area contributed by atoms with Gasteiger partial charge in [-0.2, -0.15) is 0 Å². The molecule has 0 amide bonds. The molecule has 3 unspecified atom stereocenters. The lowest BCUT2D eigenvalue weighted by atomic mass is 9.70. The van der Waals surface area contributed by atoms with Crippen LogP contribution in [0.1, 0.15) is 147 Å². The third-order valence-electron chi connectivity index (χ3n) is 8.83. The third-order valence-corrected chi connectivity index (χ3v) is 8.83. The van der Waals surface area contributed by atoms with E-state index in [0.29, 0.717) is 40.8 Å². The fourth-order valence-corrected chi connectivity index (χ4v) is 6.43. The second kappa shape index (κ2) is 8.65. The van der Waals surface area contributed by atoms with Gasteiger partial charge in [0.2, 0.25) is 0 Å². The Morgan fingerprint density at radius 1 is 0.906 bits per heavy atom. The van der Waals surface area contributed by atoms with Crippen molar-refractivity contribution in [1.82, 2.24) is 4.98 Å². The first kappa shape index (κ1) is 25.1. The third kappa shape index (κ3) is 3.86. The van der Waals surface area contributed by atoms with Crippen LogP contribution in [0.25, 0.3) is 0 Å². The summed E-state index contributed by atoms with van der Waals surface area (Å²) in [5.41, 5.74) is 13.1. The van der Waals surface area contributed by atoms with E-state index in [1.54, 1.807) is 0 Å². The zero-order valence-corrected chi connectivity index (χ0v) is 22.5. The lowest BCUT2D eigenvalue weighted by Crippen LogP contribution is -2.36. The number of hydrogen-bond donors (Lipinski definition) is 1. The van der Waals surface area contributed by atoms with Gasteiger partial charge in [-0.15, -0.1) is 0 Å². The van der Waals surface area contributed by atoms with Gasteiger partial charge in [-0.25, -0.2) is 0 Å². The molecule has 3 atom stereocenters. The van der Waals surface area contributed by atoms with Crippen molar-refractivity contribution in [2.24, 2.45) is 27.6 Å². The van der Waals surface area contributed by atoms with Gasteiger partial charge in [0.1, 0.15) is 6.10 Å². The van der Waals surface area contributed by atoms with Gasteiger partial charge in [0.25, 0.3) is 0 Å². The average molecular weight is 442 g/mol. The first-order valence-corrected chi connectivity index (χ1v) is 12.8. The van der Waals surface area contributed by atoms with Crippen molar-refractivity contribution in [3.8, 4) is 0 Å². The molecule has 2 aliphatic rings. The van der Waals surface area contributed by atoms with Crippen LogP contribution in [0.15, 0.2) is 5.16 Å². The van der Waals surface area contributed by atoms with Crippen molar-refractivity contribution in [3.05, 3.63) is 28.1 Å². The molecule has 1 aromatic rings. The van der Waals surface area contributed by atoms with Crippen LogP contribution in [0.3, 0.4) is 0 Å². The number of oxime groups is 1. The number of hydrogen-bond acceptors (Lipinski definition) is 3. The zero-order valence-electron chi connectivity index (χ0n) is 22.5. The number of pyridine rings is 1. The Balaban J connectivity index is 2.13. The minimum absolute atomic E-state index is 0.135. The monoisotopic (exact) mass is 441 g/mol. The summed E-state index contributed by atoms with van der Waals surface area (Å²) in [6.07, 6.45) is 3.73. The van der Waals surface area contributed by atoms with Crippen LogP contribution >= 0.6 is 0 Å². The molecule has 180 valence electrons. The van der Waals surface area contributed by atoms with Crippen LogP contribution in [0.5, 0.6) is 0 Å². The Kier molecular flexibility index (Phi) is 6.77. The van der Waals surface area contributed by atoms with Gasteiger partial charge in [0.15, 0.2) is 5.84 Å². The van der Waals surface area contributed by atoms with Crippen LogP contribution in [0.4, 0.5) is 0 Å². The van der Waals surface area contributed by atoms with E-state index >= 15 is 0 Å². The summed E-state index contributed by atoms with van der Waals surface area (Å²) < 4.78 is 0. The van der Waals surface area contributed by atoms with Gasteiger partial charge in [0, 0.05) is 22.4 Å². The molecule has 1 heterocycles. The Hall–Kier alpha value is -1.58. The van der Waals surface area contributed by atoms with Crippen molar-refractivity contribution in [2.75, 3.05) is 0 Å². The molecular weight excluding hydrogens is 394 g/mol. The molecule has 0 radical (unpaired) electrons. The maximum absolute atomic E-state index is 6.79. The minimum atomic E-state index is 0.135. The molecule has 4 nitrogen and oxygen atoms in total. The SMILES string of the molecule is CC(C)c1nc(C(C)C)c(C(C)C)c(/C(N)=N/OC2CC3CCC2(C)C3(C)C)c1C(C)C. The lowest BCUT2D eigenvalue weighted by molar-refractivity contribution is -0.0446. The van der Waals surface area contributed by atoms with E-state index < -0.39 is 0 Å². The van der Waals surface area contributed by atoms with Crippen molar-refractivity contribution >= 4 is 5.84 Å². The van der Waals surface area contributed by atoms with Crippen molar-refractivity contribution < 1.29 is 4.84 Å².